The van der Waals surface area contributed by atoms with Gasteiger partial charge in [-0.05, 0) is 31.2 Å². The van der Waals surface area contributed by atoms with Crippen LogP contribution in [0.15, 0.2) is 24.3 Å². The smallest absolute Gasteiger partial charge is 0.323 e. The van der Waals surface area contributed by atoms with Crippen molar-refractivity contribution in [3.05, 3.63) is 46.5 Å². The highest BCUT2D eigenvalue weighted by Gasteiger charge is 2.09. The van der Waals surface area contributed by atoms with Gasteiger partial charge in [-0.15, -0.1) is 0 Å². The molecule has 0 spiro atoms. The molecular formula is C12H7ClFN3O. The number of ether oxygens (including phenoxy) is 1. The van der Waals surface area contributed by atoms with Crippen LogP contribution in [0.25, 0.3) is 0 Å². The molecule has 0 amide bonds. The molecule has 0 radical (unpaired) electrons. The SMILES string of the molecule is Cc1cc(C#N)nc(Oc2ccc(Cl)cc2F)n1. The van der Waals surface area contributed by atoms with Gasteiger partial charge >= 0.3 is 6.01 Å². The van der Waals surface area contributed by atoms with Crippen LogP contribution in [0.2, 0.25) is 5.02 Å². The van der Waals surface area contributed by atoms with Gasteiger partial charge in [0.1, 0.15) is 11.8 Å². The normalized spacial score (nSPS) is 9.89. The minimum absolute atomic E-state index is 0.0473. The Balaban J connectivity index is 2.34. The van der Waals surface area contributed by atoms with E-state index in [9.17, 15) is 4.39 Å². The van der Waals surface area contributed by atoms with Gasteiger partial charge in [0.2, 0.25) is 0 Å². The molecule has 0 N–H and O–H groups in total. The fourth-order valence-corrected chi connectivity index (χ4v) is 1.46. The van der Waals surface area contributed by atoms with Crippen LogP contribution in [0.1, 0.15) is 11.4 Å². The third kappa shape index (κ3) is 2.73. The van der Waals surface area contributed by atoms with Crippen molar-refractivity contribution < 1.29 is 9.13 Å². The molecule has 0 unspecified atom stereocenters. The Kier molecular flexibility index (Phi) is 3.40. The van der Waals surface area contributed by atoms with E-state index in [1.54, 1.807) is 6.92 Å². The standard InChI is InChI=1S/C12H7ClFN3O/c1-7-4-9(6-15)17-12(16-7)18-11-3-2-8(13)5-10(11)14/h2-5H,1H3. The Morgan fingerprint density at radius 3 is 2.78 bits per heavy atom. The lowest BCUT2D eigenvalue weighted by molar-refractivity contribution is 0.409. The highest BCUT2D eigenvalue weighted by atomic mass is 35.5. The predicted octanol–water partition coefficient (Wildman–Crippen LogP) is 3.24. The molecule has 0 aliphatic carbocycles. The first kappa shape index (κ1) is 12.3. The maximum absolute atomic E-state index is 13.5. The second-order valence-electron chi connectivity index (χ2n) is 3.47. The second kappa shape index (κ2) is 4.98. The quantitative estimate of drug-likeness (QED) is 0.834. The predicted molar refractivity (Wildman–Crippen MR) is 63.0 cm³/mol. The van der Waals surface area contributed by atoms with Crippen molar-refractivity contribution in [1.82, 2.24) is 9.97 Å². The molecule has 4 nitrogen and oxygen atoms in total. The number of benzene rings is 1. The number of hydrogen-bond donors (Lipinski definition) is 0. The molecule has 1 aromatic carbocycles. The van der Waals surface area contributed by atoms with Crippen molar-refractivity contribution in [2.24, 2.45) is 0 Å². The van der Waals surface area contributed by atoms with E-state index in [-0.39, 0.29) is 22.5 Å². The maximum Gasteiger partial charge on any atom is 0.323 e. The van der Waals surface area contributed by atoms with Crippen molar-refractivity contribution in [1.29, 1.82) is 5.26 Å². The summed E-state index contributed by atoms with van der Waals surface area (Å²) < 4.78 is 18.7. The zero-order valence-corrected chi connectivity index (χ0v) is 10.1. The van der Waals surface area contributed by atoms with Gasteiger partial charge in [-0.1, -0.05) is 11.6 Å². The van der Waals surface area contributed by atoms with Gasteiger partial charge in [-0.3, -0.25) is 0 Å². The van der Waals surface area contributed by atoms with Crippen molar-refractivity contribution in [3.63, 3.8) is 0 Å². The fourth-order valence-electron chi connectivity index (χ4n) is 1.30. The minimum atomic E-state index is -0.619. The van der Waals surface area contributed by atoms with E-state index in [4.69, 9.17) is 21.6 Å². The summed E-state index contributed by atoms with van der Waals surface area (Å²) in [6.45, 7) is 1.69. The summed E-state index contributed by atoms with van der Waals surface area (Å²) in [6, 6.07) is 7.28. The minimum Gasteiger partial charge on any atom is -0.421 e. The van der Waals surface area contributed by atoms with Gasteiger partial charge in [0.15, 0.2) is 11.6 Å². The summed E-state index contributed by atoms with van der Waals surface area (Å²) in [7, 11) is 0. The van der Waals surface area contributed by atoms with Crippen molar-refractivity contribution in [3.8, 4) is 17.8 Å². The monoisotopic (exact) mass is 263 g/mol. The van der Waals surface area contributed by atoms with E-state index >= 15 is 0 Å². The molecule has 2 rings (SSSR count). The highest BCUT2D eigenvalue weighted by Crippen LogP contribution is 2.24. The van der Waals surface area contributed by atoms with E-state index in [2.05, 4.69) is 9.97 Å². The summed E-state index contributed by atoms with van der Waals surface area (Å²) >= 11 is 5.62. The number of aryl methyl sites for hydroxylation is 1. The molecule has 0 saturated heterocycles. The number of rotatable bonds is 2. The maximum atomic E-state index is 13.5. The number of nitriles is 1. The van der Waals surface area contributed by atoms with E-state index in [0.29, 0.717) is 5.69 Å². The molecule has 2 aromatic rings. The van der Waals surface area contributed by atoms with Gasteiger partial charge in [-0.25, -0.2) is 9.37 Å². The summed E-state index contributed by atoms with van der Waals surface area (Å²) in [5, 5.41) is 9.02. The Labute approximate surface area is 108 Å². The van der Waals surface area contributed by atoms with E-state index in [1.807, 2.05) is 6.07 Å². The molecule has 18 heavy (non-hydrogen) atoms. The lowest BCUT2D eigenvalue weighted by Crippen LogP contribution is -1.97. The third-order valence-corrected chi connectivity index (χ3v) is 2.28. The molecule has 0 fully saturated rings. The second-order valence-corrected chi connectivity index (χ2v) is 3.90. The van der Waals surface area contributed by atoms with Gasteiger partial charge in [-0.2, -0.15) is 10.2 Å². The largest absolute Gasteiger partial charge is 0.421 e. The molecule has 0 bridgehead atoms. The van der Waals surface area contributed by atoms with Crippen LogP contribution in [0.3, 0.4) is 0 Å². The van der Waals surface area contributed by atoms with Crippen LogP contribution in [0.5, 0.6) is 11.8 Å². The average Bonchev–Trinajstić information content (AvgIpc) is 2.32. The Hall–Kier alpha value is -2.19. The van der Waals surface area contributed by atoms with Crippen molar-refractivity contribution in [2.45, 2.75) is 6.92 Å². The van der Waals surface area contributed by atoms with Crippen LogP contribution in [0, 0.1) is 24.1 Å². The first-order chi connectivity index (χ1) is 8.58. The molecule has 6 heteroatoms. The van der Waals surface area contributed by atoms with Gasteiger partial charge in [0.05, 0.1) is 0 Å². The Morgan fingerprint density at radius 2 is 2.11 bits per heavy atom. The number of nitrogens with zero attached hydrogens (tertiary/aromatic N) is 3. The van der Waals surface area contributed by atoms with E-state index < -0.39 is 5.82 Å². The topological polar surface area (TPSA) is 58.8 Å². The van der Waals surface area contributed by atoms with Crippen LogP contribution in [0.4, 0.5) is 4.39 Å². The molecule has 1 heterocycles. The molecule has 0 atom stereocenters. The zero-order chi connectivity index (χ0) is 13.1. The van der Waals surface area contributed by atoms with Gasteiger partial charge in [0, 0.05) is 10.7 Å². The number of aromatic nitrogens is 2. The molecular weight excluding hydrogens is 257 g/mol. The van der Waals surface area contributed by atoms with Crippen molar-refractivity contribution >= 4 is 11.6 Å². The van der Waals surface area contributed by atoms with Gasteiger partial charge in [0.25, 0.3) is 0 Å². The summed E-state index contributed by atoms with van der Waals surface area (Å²) in [6.07, 6.45) is 0. The highest BCUT2D eigenvalue weighted by molar-refractivity contribution is 6.30. The van der Waals surface area contributed by atoms with Gasteiger partial charge < -0.3 is 4.74 Å². The molecule has 90 valence electrons. The lowest BCUT2D eigenvalue weighted by Gasteiger charge is -2.05. The lowest BCUT2D eigenvalue weighted by atomic mass is 10.3. The molecule has 0 aliphatic heterocycles. The summed E-state index contributed by atoms with van der Waals surface area (Å²) in [5.74, 6) is -0.667. The summed E-state index contributed by atoms with van der Waals surface area (Å²) in [4.78, 5) is 7.77. The average molecular weight is 264 g/mol. The Morgan fingerprint density at radius 1 is 1.33 bits per heavy atom. The Bertz CT molecular complexity index is 640. The third-order valence-electron chi connectivity index (χ3n) is 2.04. The molecule has 0 saturated carbocycles. The van der Waals surface area contributed by atoms with E-state index in [1.165, 1.54) is 18.2 Å². The van der Waals surface area contributed by atoms with Crippen LogP contribution in [-0.4, -0.2) is 9.97 Å². The molecule has 1 aromatic heterocycles. The van der Waals surface area contributed by atoms with Crippen LogP contribution < -0.4 is 4.74 Å². The number of hydrogen-bond acceptors (Lipinski definition) is 4. The number of halogens is 2. The fraction of sp³-hybridized carbons (Fsp3) is 0.0833. The van der Waals surface area contributed by atoms with Crippen LogP contribution >= 0.6 is 11.6 Å². The van der Waals surface area contributed by atoms with E-state index in [0.717, 1.165) is 6.07 Å². The first-order valence-corrected chi connectivity index (χ1v) is 5.35. The first-order valence-electron chi connectivity index (χ1n) is 4.97. The molecule has 0 aliphatic rings. The summed E-state index contributed by atoms with van der Waals surface area (Å²) in [5.41, 5.74) is 0.720. The van der Waals surface area contributed by atoms with Crippen molar-refractivity contribution in [2.75, 3.05) is 0 Å². The van der Waals surface area contributed by atoms with Crippen LogP contribution in [-0.2, 0) is 0 Å². The zero-order valence-electron chi connectivity index (χ0n) is 9.32.